The van der Waals surface area contributed by atoms with Crippen molar-refractivity contribution in [2.75, 3.05) is 0 Å². The van der Waals surface area contributed by atoms with E-state index in [1.807, 2.05) is 54.6 Å². The van der Waals surface area contributed by atoms with Crippen LogP contribution in [0.2, 0.25) is 5.02 Å². The largest absolute Gasteiger partial charge is 0.481 e. The van der Waals surface area contributed by atoms with E-state index in [1.165, 1.54) is 0 Å². The van der Waals surface area contributed by atoms with Crippen molar-refractivity contribution in [3.05, 3.63) is 70.7 Å². The predicted molar refractivity (Wildman–Crippen MR) is 94.0 cm³/mol. The quantitative estimate of drug-likeness (QED) is 0.760. The van der Waals surface area contributed by atoms with Crippen LogP contribution >= 0.6 is 11.6 Å². The first-order valence-electron chi connectivity index (χ1n) is 7.85. The van der Waals surface area contributed by atoms with Gasteiger partial charge in [0.1, 0.15) is 0 Å². The number of benzene rings is 2. The second-order valence-electron chi connectivity index (χ2n) is 5.61. The molecule has 4 nitrogen and oxygen atoms in total. The fourth-order valence-corrected chi connectivity index (χ4v) is 2.61. The number of hydrogen-bond donors (Lipinski definition) is 2. The maximum absolute atomic E-state index is 12.1. The molecule has 5 heteroatoms. The van der Waals surface area contributed by atoms with Crippen LogP contribution in [-0.2, 0) is 16.0 Å². The van der Waals surface area contributed by atoms with E-state index in [-0.39, 0.29) is 12.3 Å². The number of carboxylic acid groups (broad SMARTS) is 1. The summed E-state index contributed by atoms with van der Waals surface area (Å²) >= 11 is 5.84. The molecule has 0 bridgehead atoms. The highest BCUT2D eigenvalue weighted by Gasteiger charge is 2.17. The van der Waals surface area contributed by atoms with E-state index in [0.717, 1.165) is 17.5 Å². The van der Waals surface area contributed by atoms with E-state index in [9.17, 15) is 9.59 Å². The molecule has 0 spiro atoms. The molecule has 0 radical (unpaired) electrons. The van der Waals surface area contributed by atoms with Gasteiger partial charge in [-0.1, -0.05) is 54.1 Å². The number of aliphatic carboxylic acids is 1. The first-order chi connectivity index (χ1) is 11.5. The summed E-state index contributed by atoms with van der Waals surface area (Å²) in [5.41, 5.74) is 1.92. The third-order valence-electron chi connectivity index (χ3n) is 3.70. The Balaban J connectivity index is 1.86. The minimum absolute atomic E-state index is 0.132. The first kappa shape index (κ1) is 18.0. The summed E-state index contributed by atoms with van der Waals surface area (Å²) in [7, 11) is 0. The summed E-state index contributed by atoms with van der Waals surface area (Å²) in [5, 5.41) is 12.6. The lowest BCUT2D eigenvalue weighted by Crippen LogP contribution is -2.30. The highest BCUT2D eigenvalue weighted by Crippen LogP contribution is 2.17. The number of carboxylic acids is 1. The van der Waals surface area contributed by atoms with Gasteiger partial charge in [-0.05, 0) is 36.1 Å². The van der Waals surface area contributed by atoms with Gasteiger partial charge in [-0.3, -0.25) is 9.59 Å². The molecule has 0 aromatic heterocycles. The molecule has 2 N–H and O–H groups in total. The molecule has 0 aliphatic heterocycles. The number of amides is 1. The minimum Gasteiger partial charge on any atom is -0.481 e. The molecule has 0 fully saturated rings. The molecule has 1 atom stereocenters. The van der Waals surface area contributed by atoms with E-state index in [0.29, 0.717) is 17.9 Å². The monoisotopic (exact) mass is 345 g/mol. The number of carbonyl (C=O) groups excluding carboxylic acids is 1. The average Bonchev–Trinajstić information content (AvgIpc) is 2.56. The molecule has 2 aromatic carbocycles. The molecule has 126 valence electrons. The molecule has 2 rings (SSSR count). The van der Waals surface area contributed by atoms with Crippen molar-refractivity contribution in [3.8, 4) is 0 Å². The van der Waals surface area contributed by atoms with Crippen LogP contribution in [0.15, 0.2) is 54.6 Å². The van der Waals surface area contributed by atoms with E-state index in [4.69, 9.17) is 16.7 Å². The lowest BCUT2D eigenvalue weighted by molar-refractivity contribution is -0.137. The van der Waals surface area contributed by atoms with Crippen LogP contribution in [0.5, 0.6) is 0 Å². The average molecular weight is 346 g/mol. The Labute approximate surface area is 146 Å². The number of carbonyl (C=O) groups is 2. The Morgan fingerprint density at radius 1 is 1.04 bits per heavy atom. The van der Waals surface area contributed by atoms with Crippen LogP contribution in [0.25, 0.3) is 0 Å². The topological polar surface area (TPSA) is 66.4 Å². The van der Waals surface area contributed by atoms with Crippen molar-refractivity contribution in [2.24, 2.45) is 0 Å². The summed E-state index contributed by atoms with van der Waals surface area (Å²) in [6.07, 6.45) is 1.69. The summed E-state index contributed by atoms with van der Waals surface area (Å²) < 4.78 is 0. The van der Waals surface area contributed by atoms with Gasteiger partial charge in [-0.15, -0.1) is 0 Å². The molecule has 0 saturated carbocycles. The van der Waals surface area contributed by atoms with Crippen LogP contribution in [0.4, 0.5) is 0 Å². The molecule has 1 amide bonds. The fourth-order valence-electron chi connectivity index (χ4n) is 2.48. The van der Waals surface area contributed by atoms with Gasteiger partial charge in [0.05, 0.1) is 12.5 Å². The Bertz CT molecular complexity index is 671. The van der Waals surface area contributed by atoms with E-state index in [1.54, 1.807) is 0 Å². The Morgan fingerprint density at radius 2 is 1.71 bits per heavy atom. The molecule has 0 heterocycles. The highest BCUT2D eigenvalue weighted by molar-refractivity contribution is 6.30. The summed E-state index contributed by atoms with van der Waals surface area (Å²) in [4.78, 5) is 23.2. The summed E-state index contributed by atoms with van der Waals surface area (Å²) in [6.45, 7) is 0. The van der Waals surface area contributed by atoms with Gasteiger partial charge < -0.3 is 10.4 Å². The van der Waals surface area contributed by atoms with Crippen molar-refractivity contribution in [3.63, 3.8) is 0 Å². The van der Waals surface area contributed by atoms with Crippen molar-refractivity contribution in [1.29, 1.82) is 0 Å². The normalized spacial score (nSPS) is 11.7. The second kappa shape index (κ2) is 9.08. The SMILES string of the molecule is O=C(O)CC(NC(=O)CCCc1ccc(Cl)cc1)c1ccccc1. The molecular weight excluding hydrogens is 326 g/mol. The third kappa shape index (κ3) is 6.05. The van der Waals surface area contributed by atoms with Crippen LogP contribution in [0.3, 0.4) is 0 Å². The summed E-state index contributed by atoms with van der Waals surface area (Å²) in [6, 6.07) is 16.2. The zero-order valence-corrected chi connectivity index (χ0v) is 14.0. The maximum Gasteiger partial charge on any atom is 0.305 e. The zero-order valence-electron chi connectivity index (χ0n) is 13.2. The molecule has 0 saturated heterocycles. The molecule has 24 heavy (non-hydrogen) atoms. The van der Waals surface area contributed by atoms with Gasteiger partial charge in [0.2, 0.25) is 5.91 Å². The Hall–Kier alpha value is -2.33. The summed E-state index contributed by atoms with van der Waals surface area (Å²) in [5.74, 6) is -1.08. The fraction of sp³-hybridized carbons (Fsp3) is 0.263. The number of aryl methyl sites for hydroxylation is 1. The van der Waals surface area contributed by atoms with Crippen molar-refractivity contribution < 1.29 is 14.7 Å². The number of halogens is 1. The van der Waals surface area contributed by atoms with Crippen molar-refractivity contribution in [1.82, 2.24) is 5.32 Å². The molecule has 1 unspecified atom stereocenters. The van der Waals surface area contributed by atoms with Gasteiger partial charge in [-0.2, -0.15) is 0 Å². The van der Waals surface area contributed by atoms with E-state index >= 15 is 0 Å². The highest BCUT2D eigenvalue weighted by atomic mass is 35.5. The molecule has 2 aromatic rings. The second-order valence-corrected chi connectivity index (χ2v) is 6.05. The zero-order chi connectivity index (χ0) is 17.4. The number of hydrogen-bond acceptors (Lipinski definition) is 2. The van der Waals surface area contributed by atoms with Crippen LogP contribution in [0.1, 0.15) is 36.4 Å². The van der Waals surface area contributed by atoms with E-state index in [2.05, 4.69) is 5.32 Å². The predicted octanol–water partition coefficient (Wildman–Crippen LogP) is 3.99. The van der Waals surface area contributed by atoms with Gasteiger partial charge in [0, 0.05) is 11.4 Å². The lowest BCUT2D eigenvalue weighted by Gasteiger charge is -2.17. The van der Waals surface area contributed by atoms with Crippen LogP contribution in [-0.4, -0.2) is 17.0 Å². The van der Waals surface area contributed by atoms with Gasteiger partial charge in [0.25, 0.3) is 0 Å². The molecule has 0 aliphatic rings. The lowest BCUT2D eigenvalue weighted by atomic mass is 10.0. The minimum atomic E-state index is -0.940. The molecule has 0 aliphatic carbocycles. The first-order valence-corrected chi connectivity index (χ1v) is 8.23. The maximum atomic E-state index is 12.1. The third-order valence-corrected chi connectivity index (χ3v) is 3.95. The number of nitrogens with one attached hydrogen (secondary N) is 1. The Morgan fingerprint density at radius 3 is 2.33 bits per heavy atom. The smallest absolute Gasteiger partial charge is 0.305 e. The number of rotatable bonds is 8. The van der Waals surface area contributed by atoms with Crippen molar-refractivity contribution >= 4 is 23.5 Å². The van der Waals surface area contributed by atoms with Crippen LogP contribution in [0, 0.1) is 0 Å². The van der Waals surface area contributed by atoms with Gasteiger partial charge in [-0.25, -0.2) is 0 Å². The van der Waals surface area contributed by atoms with Gasteiger partial charge >= 0.3 is 5.97 Å². The van der Waals surface area contributed by atoms with E-state index < -0.39 is 12.0 Å². The standard InChI is InChI=1S/C19H20ClNO3/c20-16-11-9-14(10-12-16)5-4-8-18(22)21-17(13-19(23)24)15-6-2-1-3-7-15/h1-3,6-7,9-12,17H,4-5,8,13H2,(H,21,22)(H,23,24). The van der Waals surface area contributed by atoms with Crippen LogP contribution < -0.4 is 5.32 Å². The van der Waals surface area contributed by atoms with Crippen molar-refractivity contribution in [2.45, 2.75) is 31.7 Å². The Kier molecular flexibility index (Phi) is 6.82. The molecular formula is C19H20ClNO3. The van der Waals surface area contributed by atoms with Gasteiger partial charge in [0.15, 0.2) is 0 Å².